The molecule has 104 valence electrons. The number of rotatable bonds is 4. The Hall–Kier alpha value is -1.60. The lowest BCUT2D eigenvalue weighted by Gasteiger charge is -2.37. The fraction of sp³-hybridized carbons (Fsp3) is 0.368. The first-order chi connectivity index (χ1) is 9.74. The second kappa shape index (κ2) is 5.80. The van der Waals surface area contributed by atoms with Crippen LogP contribution in [0.25, 0.3) is 0 Å². The van der Waals surface area contributed by atoms with Crippen LogP contribution in [0.1, 0.15) is 41.0 Å². The summed E-state index contributed by atoms with van der Waals surface area (Å²) in [6.45, 7) is 5.41. The molecule has 20 heavy (non-hydrogen) atoms. The van der Waals surface area contributed by atoms with Gasteiger partial charge in [-0.2, -0.15) is 0 Å². The maximum absolute atomic E-state index is 3.70. The van der Waals surface area contributed by atoms with Crippen LogP contribution in [-0.4, -0.2) is 6.04 Å². The molecule has 1 nitrogen and oxygen atoms in total. The quantitative estimate of drug-likeness (QED) is 0.867. The molecule has 0 saturated heterocycles. The average Bonchev–Trinajstić information content (AvgIpc) is 2.41. The van der Waals surface area contributed by atoms with Gasteiger partial charge in [-0.05, 0) is 54.9 Å². The minimum absolute atomic E-state index is 0.680. The second-order valence-electron chi connectivity index (χ2n) is 6.03. The summed E-state index contributed by atoms with van der Waals surface area (Å²) in [5.41, 5.74) is 5.79. The minimum Gasteiger partial charge on any atom is -0.310 e. The summed E-state index contributed by atoms with van der Waals surface area (Å²) in [6.07, 6.45) is 2.55. The van der Waals surface area contributed by atoms with Gasteiger partial charge < -0.3 is 5.32 Å². The van der Waals surface area contributed by atoms with E-state index >= 15 is 0 Å². The third-order valence-corrected chi connectivity index (χ3v) is 4.61. The summed E-state index contributed by atoms with van der Waals surface area (Å²) in [5, 5.41) is 3.70. The first-order valence-corrected chi connectivity index (χ1v) is 7.57. The third kappa shape index (κ3) is 2.78. The van der Waals surface area contributed by atoms with Gasteiger partial charge in [-0.1, -0.05) is 48.5 Å². The van der Waals surface area contributed by atoms with Crippen LogP contribution >= 0.6 is 0 Å². The molecule has 0 bridgehead atoms. The summed E-state index contributed by atoms with van der Waals surface area (Å²) in [4.78, 5) is 0. The van der Waals surface area contributed by atoms with E-state index in [1.165, 1.54) is 29.5 Å². The molecule has 0 spiro atoms. The first kappa shape index (κ1) is 13.4. The molecule has 2 aromatic rings. The number of benzene rings is 2. The lowest BCUT2D eigenvalue weighted by atomic mass is 9.74. The van der Waals surface area contributed by atoms with E-state index in [4.69, 9.17) is 0 Å². The van der Waals surface area contributed by atoms with Crippen LogP contribution in [0.4, 0.5) is 0 Å². The van der Waals surface area contributed by atoms with E-state index in [9.17, 15) is 0 Å². The molecule has 0 radical (unpaired) electrons. The van der Waals surface area contributed by atoms with Gasteiger partial charge in [0, 0.05) is 12.6 Å². The average molecular weight is 265 g/mol. The highest BCUT2D eigenvalue weighted by Gasteiger charge is 2.30. The van der Waals surface area contributed by atoms with Gasteiger partial charge in [0.05, 0.1) is 0 Å². The van der Waals surface area contributed by atoms with Crippen molar-refractivity contribution in [2.24, 2.45) is 0 Å². The molecule has 3 rings (SSSR count). The van der Waals surface area contributed by atoms with Crippen LogP contribution in [-0.2, 0) is 6.54 Å². The monoisotopic (exact) mass is 265 g/mol. The highest BCUT2D eigenvalue weighted by Crippen LogP contribution is 2.38. The van der Waals surface area contributed by atoms with Gasteiger partial charge in [-0.15, -0.1) is 0 Å². The van der Waals surface area contributed by atoms with Crippen LogP contribution in [0, 0.1) is 13.8 Å². The van der Waals surface area contributed by atoms with Crippen molar-refractivity contribution in [3.05, 3.63) is 70.8 Å². The molecule has 1 N–H and O–H groups in total. The van der Waals surface area contributed by atoms with Gasteiger partial charge >= 0.3 is 0 Å². The lowest BCUT2D eigenvalue weighted by Crippen LogP contribution is -2.39. The van der Waals surface area contributed by atoms with E-state index in [0.29, 0.717) is 6.04 Å². The number of nitrogens with one attached hydrogen (secondary N) is 1. The van der Waals surface area contributed by atoms with E-state index < -0.39 is 0 Å². The Morgan fingerprint density at radius 3 is 2.25 bits per heavy atom. The molecule has 2 aromatic carbocycles. The first-order valence-electron chi connectivity index (χ1n) is 7.57. The predicted molar refractivity (Wildman–Crippen MR) is 85.0 cm³/mol. The van der Waals surface area contributed by atoms with Gasteiger partial charge in [-0.25, -0.2) is 0 Å². The molecule has 0 heterocycles. The Balaban J connectivity index is 1.52. The Bertz CT molecular complexity index is 579. The predicted octanol–water partition coefficient (Wildman–Crippen LogP) is 4.34. The Kier molecular flexibility index (Phi) is 3.88. The molecular formula is C19H23N. The minimum atomic E-state index is 0.680. The van der Waals surface area contributed by atoms with Gasteiger partial charge in [0.15, 0.2) is 0 Å². The van der Waals surface area contributed by atoms with Crippen molar-refractivity contribution in [2.45, 2.75) is 45.2 Å². The molecule has 0 amide bonds. The van der Waals surface area contributed by atoms with E-state index in [2.05, 4.69) is 67.7 Å². The van der Waals surface area contributed by atoms with Crippen LogP contribution in [0.5, 0.6) is 0 Å². The van der Waals surface area contributed by atoms with E-state index in [1.807, 2.05) is 0 Å². The number of aryl methyl sites for hydroxylation is 2. The molecule has 0 unspecified atom stereocenters. The van der Waals surface area contributed by atoms with E-state index in [0.717, 1.165) is 12.5 Å². The number of hydrogen-bond donors (Lipinski definition) is 1. The summed E-state index contributed by atoms with van der Waals surface area (Å²) in [6, 6.07) is 18.1. The van der Waals surface area contributed by atoms with Crippen molar-refractivity contribution < 1.29 is 0 Å². The van der Waals surface area contributed by atoms with Crippen LogP contribution in [0.15, 0.2) is 48.5 Å². The summed E-state index contributed by atoms with van der Waals surface area (Å²) < 4.78 is 0. The zero-order valence-corrected chi connectivity index (χ0v) is 12.4. The SMILES string of the molecule is Cc1ccccc1CNC1CC(c2ccccc2C)C1. The topological polar surface area (TPSA) is 12.0 Å². The fourth-order valence-electron chi connectivity index (χ4n) is 3.15. The maximum atomic E-state index is 3.70. The highest BCUT2D eigenvalue weighted by atomic mass is 14.9. The maximum Gasteiger partial charge on any atom is 0.0210 e. The van der Waals surface area contributed by atoms with Crippen LogP contribution in [0.3, 0.4) is 0 Å². The summed E-state index contributed by atoms with van der Waals surface area (Å²) in [5.74, 6) is 0.755. The lowest BCUT2D eigenvalue weighted by molar-refractivity contribution is 0.288. The molecule has 1 heteroatoms. The van der Waals surface area contributed by atoms with Crippen LogP contribution in [0.2, 0.25) is 0 Å². The van der Waals surface area contributed by atoms with Crippen molar-refractivity contribution >= 4 is 0 Å². The fourth-order valence-corrected chi connectivity index (χ4v) is 3.15. The second-order valence-corrected chi connectivity index (χ2v) is 6.03. The van der Waals surface area contributed by atoms with Gasteiger partial charge in [-0.3, -0.25) is 0 Å². The summed E-state index contributed by atoms with van der Waals surface area (Å²) in [7, 11) is 0. The van der Waals surface area contributed by atoms with Crippen molar-refractivity contribution in [3.63, 3.8) is 0 Å². The molecular weight excluding hydrogens is 242 g/mol. The largest absolute Gasteiger partial charge is 0.310 e. The highest BCUT2D eigenvalue weighted by molar-refractivity contribution is 5.31. The van der Waals surface area contributed by atoms with E-state index in [-0.39, 0.29) is 0 Å². The smallest absolute Gasteiger partial charge is 0.0210 e. The Labute approximate surface area is 122 Å². The molecule has 0 aliphatic heterocycles. The third-order valence-electron chi connectivity index (χ3n) is 4.61. The van der Waals surface area contributed by atoms with Crippen molar-refractivity contribution in [1.29, 1.82) is 0 Å². The van der Waals surface area contributed by atoms with Crippen molar-refractivity contribution in [2.75, 3.05) is 0 Å². The van der Waals surface area contributed by atoms with Gasteiger partial charge in [0.1, 0.15) is 0 Å². The standard InChI is InChI=1S/C19H23N/c1-14-7-3-5-9-16(14)13-20-18-11-17(12-18)19-10-6-4-8-15(19)2/h3-10,17-18,20H,11-13H2,1-2H3. The molecule has 1 saturated carbocycles. The Morgan fingerprint density at radius 2 is 1.55 bits per heavy atom. The van der Waals surface area contributed by atoms with Crippen LogP contribution < -0.4 is 5.32 Å². The zero-order valence-electron chi connectivity index (χ0n) is 12.4. The normalized spacial score (nSPS) is 21.5. The number of hydrogen-bond acceptors (Lipinski definition) is 1. The molecule has 0 atom stereocenters. The van der Waals surface area contributed by atoms with Gasteiger partial charge in [0.2, 0.25) is 0 Å². The molecule has 0 aromatic heterocycles. The van der Waals surface area contributed by atoms with Crippen molar-refractivity contribution in [1.82, 2.24) is 5.32 Å². The molecule has 1 fully saturated rings. The Morgan fingerprint density at radius 1 is 0.900 bits per heavy atom. The molecule has 1 aliphatic carbocycles. The van der Waals surface area contributed by atoms with Crippen molar-refractivity contribution in [3.8, 4) is 0 Å². The van der Waals surface area contributed by atoms with Gasteiger partial charge in [0.25, 0.3) is 0 Å². The summed E-state index contributed by atoms with van der Waals surface area (Å²) >= 11 is 0. The molecule has 1 aliphatic rings. The zero-order chi connectivity index (χ0) is 13.9. The van der Waals surface area contributed by atoms with E-state index in [1.54, 1.807) is 5.56 Å².